The number of fused-ring (bicyclic) bond motifs is 1. The summed E-state index contributed by atoms with van der Waals surface area (Å²) in [6.45, 7) is 9.04. The summed E-state index contributed by atoms with van der Waals surface area (Å²) in [4.78, 5) is 32.5. The first-order valence-electron chi connectivity index (χ1n) is 13.0. The Bertz CT molecular complexity index is 1550. The van der Waals surface area contributed by atoms with E-state index in [2.05, 4.69) is 34.8 Å². The van der Waals surface area contributed by atoms with Crippen LogP contribution >= 0.6 is 27.3 Å². The van der Waals surface area contributed by atoms with Gasteiger partial charge in [-0.2, -0.15) is 0 Å². The Morgan fingerprint density at radius 3 is 2.56 bits per heavy atom. The Balaban J connectivity index is 1.88. The van der Waals surface area contributed by atoms with Crippen LogP contribution in [-0.2, 0) is 14.3 Å². The van der Waals surface area contributed by atoms with Crippen LogP contribution in [0.1, 0.15) is 62.8 Å². The Kier molecular flexibility index (Phi) is 9.58. The van der Waals surface area contributed by atoms with E-state index in [0.29, 0.717) is 38.9 Å². The number of thiazole rings is 1. The molecule has 3 aromatic rings. The Morgan fingerprint density at radius 1 is 1.15 bits per heavy atom. The van der Waals surface area contributed by atoms with Crippen LogP contribution in [0.4, 0.5) is 0 Å². The summed E-state index contributed by atoms with van der Waals surface area (Å²) in [6.07, 6.45) is 2.70. The topological polar surface area (TPSA) is 79.1 Å². The molecule has 0 saturated heterocycles. The van der Waals surface area contributed by atoms with Gasteiger partial charge in [0.05, 0.1) is 35.1 Å². The fourth-order valence-electron chi connectivity index (χ4n) is 4.37. The molecule has 2 aromatic carbocycles. The number of halogens is 1. The number of hydrogen-bond acceptors (Lipinski definition) is 7. The minimum atomic E-state index is -0.669. The van der Waals surface area contributed by atoms with Crippen LogP contribution in [0.15, 0.2) is 68.0 Å². The monoisotopic (exact) mass is 612 g/mol. The van der Waals surface area contributed by atoms with Crippen LogP contribution in [0.5, 0.6) is 5.75 Å². The molecule has 0 radical (unpaired) electrons. The highest BCUT2D eigenvalue weighted by Crippen LogP contribution is 2.32. The molecule has 1 aliphatic heterocycles. The smallest absolute Gasteiger partial charge is 0.338 e. The van der Waals surface area contributed by atoms with Crippen LogP contribution in [0.25, 0.3) is 6.08 Å². The molecule has 1 unspecified atom stereocenters. The summed E-state index contributed by atoms with van der Waals surface area (Å²) in [5, 5.41) is 0. The molecular formula is C30H33BrN2O5S. The van der Waals surface area contributed by atoms with E-state index in [1.807, 2.05) is 55.5 Å². The maximum atomic E-state index is 14.0. The van der Waals surface area contributed by atoms with Gasteiger partial charge < -0.3 is 14.2 Å². The van der Waals surface area contributed by atoms with Crippen molar-refractivity contribution in [1.82, 2.24) is 4.57 Å². The van der Waals surface area contributed by atoms with Gasteiger partial charge in [0.2, 0.25) is 0 Å². The van der Waals surface area contributed by atoms with Gasteiger partial charge in [0, 0.05) is 17.1 Å². The molecule has 0 amide bonds. The molecule has 2 heterocycles. The van der Waals surface area contributed by atoms with Gasteiger partial charge in [-0.05, 0) is 54.7 Å². The molecule has 0 fully saturated rings. The van der Waals surface area contributed by atoms with Gasteiger partial charge in [0.15, 0.2) is 4.80 Å². The van der Waals surface area contributed by atoms with Crippen molar-refractivity contribution in [1.29, 1.82) is 0 Å². The third kappa shape index (κ3) is 6.42. The molecule has 7 nitrogen and oxygen atoms in total. The SMILES string of the molecule is CCCOc1ccc(Br)cc1C=c1sc2n(c1=O)C(c1ccc(C(C)C)cc1)C(C(=O)OCCOC)=C(C)N=2. The van der Waals surface area contributed by atoms with Crippen molar-refractivity contribution in [3.8, 4) is 5.75 Å². The molecule has 1 aromatic heterocycles. The fourth-order valence-corrected chi connectivity index (χ4v) is 5.79. The maximum Gasteiger partial charge on any atom is 0.338 e. The molecule has 0 N–H and O–H groups in total. The molecular weight excluding hydrogens is 580 g/mol. The average molecular weight is 614 g/mol. The summed E-state index contributed by atoms with van der Waals surface area (Å²) in [7, 11) is 1.55. The summed E-state index contributed by atoms with van der Waals surface area (Å²) in [5.41, 5.74) is 3.41. The maximum absolute atomic E-state index is 14.0. The number of carbonyl (C=O) groups is 1. The third-order valence-corrected chi connectivity index (χ3v) is 7.88. The number of esters is 1. The Labute approximate surface area is 240 Å². The first kappa shape index (κ1) is 29.0. The minimum absolute atomic E-state index is 0.110. The Morgan fingerprint density at radius 2 is 1.90 bits per heavy atom. The number of benzene rings is 2. The van der Waals surface area contributed by atoms with Crippen LogP contribution in [0, 0.1) is 0 Å². The largest absolute Gasteiger partial charge is 0.493 e. The second-order valence-corrected chi connectivity index (χ2v) is 11.5. The van der Waals surface area contributed by atoms with E-state index in [4.69, 9.17) is 14.2 Å². The first-order valence-corrected chi connectivity index (χ1v) is 14.6. The van der Waals surface area contributed by atoms with Crippen LogP contribution < -0.4 is 19.6 Å². The molecule has 39 heavy (non-hydrogen) atoms. The van der Waals surface area contributed by atoms with Crippen LogP contribution in [-0.4, -0.2) is 37.5 Å². The number of ether oxygens (including phenoxy) is 3. The highest BCUT2D eigenvalue weighted by Gasteiger charge is 2.33. The number of aromatic nitrogens is 1. The highest BCUT2D eigenvalue weighted by molar-refractivity contribution is 9.10. The van der Waals surface area contributed by atoms with Crippen LogP contribution in [0.2, 0.25) is 0 Å². The Hall–Kier alpha value is -3.01. The molecule has 0 bridgehead atoms. The first-order chi connectivity index (χ1) is 18.7. The molecule has 4 rings (SSSR count). The van der Waals surface area contributed by atoms with Gasteiger partial charge in [-0.3, -0.25) is 9.36 Å². The van der Waals surface area contributed by atoms with Crippen molar-refractivity contribution in [2.75, 3.05) is 26.9 Å². The van der Waals surface area contributed by atoms with E-state index < -0.39 is 12.0 Å². The van der Waals surface area contributed by atoms with Crippen molar-refractivity contribution in [3.63, 3.8) is 0 Å². The zero-order valence-corrected chi connectivity index (χ0v) is 25.2. The second-order valence-electron chi connectivity index (χ2n) is 9.56. The lowest BCUT2D eigenvalue weighted by Crippen LogP contribution is -2.40. The quantitative estimate of drug-likeness (QED) is 0.235. The molecule has 1 atom stereocenters. The molecule has 9 heteroatoms. The lowest BCUT2D eigenvalue weighted by atomic mass is 9.93. The summed E-state index contributed by atoms with van der Waals surface area (Å²) < 4.78 is 19.5. The predicted molar refractivity (Wildman–Crippen MR) is 157 cm³/mol. The lowest BCUT2D eigenvalue weighted by molar-refractivity contribution is -0.140. The number of nitrogens with zero attached hydrogens (tertiary/aromatic N) is 2. The molecule has 206 valence electrons. The third-order valence-electron chi connectivity index (χ3n) is 6.40. The van der Waals surface area contributed by atoms with Crippen molar-refractivity contribution in [3.05, 3.63) is 94.6 Å². The highest BCUT2D eigenvalue weighted by atomic mass is 79.9. The lowest BCUT2D eigenvalue weighted by Gasteiger charge is -2.25. The van der Waals surface area contributed by atoms with E-state index in [-0.39, 0.29) is 18.8 Å². The van der Waals surface area contributed by atoms with Gasteiger partial charge in [0.1, 0.15) is 12.4 Å². The van der Waals surface area contributed by atoms with Gasteiger partial charge in [-0.1, -0.05) is 72.3 Å². The number of carbonyl (C=O) groups excluding carboxylic acids is 1. The molecule has 0 spiro atoms. The average Bonchev–Trinajstić information content (AvgIpc) is 3.21. The zero-order chi connectivity index (χ0) is 28.1. The fraction of sp³-hybridized carbons (Fsp3) is 0.367. The number of allylic oxidation sites excluding steroid dienone is 1. The summed E-state index contributed by atoms with van der Waals surface area (Å²) in [6, 6.07) is 13.1. The zero-order valence-electron chi connectivity index (χ0n) is 22.8. The minimum Gasteiger partial charge on any atom is -0.493 e. The number of methoxy groups -OCH3 is 1. The van der Waals surface area contributed by atoms with E-state index in [1.54, 1.807) is 18.6 Å². The van der Waals surface area contributed by atoms with Gasteiger partial charge in [-0.15, -0.1) is 0 Å². The van der Waals surface area contributed by atoms with E-state index >= 15 is 0 Å². The number of hydrogen-bond donors (Lipinski definition) is 0. The molecule has 0 saturated carbocycles. The van der Waals surface area contributed by atoms with Crippen molar-refractivity contribution < 1.29 is 19.0 Å². The van der Waals surface area contributed by atoms with Crippen molar-refractivity contribution in [2.45, 2.75) is 46.1 Å². The standard InChI is InChI=1S/C30H33BrN2O5S/c1-6-13-37-24-12-11-23(31)16-22(24)17-25-28(34)33-27(21-9-7-20(8-10-21)18(2)3)26(19(4)32-30(33)39-25)29(35)38-15-14-36-5/h7-12,16-18,27H,6,13-15H2,1-5H3. The number of rotatable bonds is 10. The van der Waals surface area contributed by atoms with E-state index in [1.165, 1.54) is 16.9 Å². The van der Waals surface area contributed by atoms with Crippen molar-refractivity contribution in [2.24, 2.45) is 4.99 Å². The summed E-state index contributed by atoms with van der Waals surface area (Å²) >= 11 is 4.82. The van der Waals surface area contributed by atoms with E-state index in [0.717, 1.165) is 22.0 Å². The van der Waals surface area contributed by atoms with Crippen molar-refractivity contribution >= 4 is 39.3 Å². The second kappa shape index (κ2) is 12.9. The van der Waals surface area contributed by atoms with Gasteiger partial charge in [-0.25, -0.2) is 9.79 Å². The van der Waals surface area contributed by atoms with E-state index in [9.17, 15) is 9.59 Å². The van der Waals surface area contributed by atoms with Gasteiger partial charge in [0.25, 0.3) is 5.56 Å². The summed E-state index contributed by atoms with van der Waals surface area (Å²) in [5.74, 6) is 0.541. The normalized spacial score (nSPS) is 15.4. The van der Waals surface area contributed by atoms with Gasteiger partial charge >= 0.3 is 5.97 Å². The van der Waals surface area contributed by atoms with Crippen LogP contribution in [0.3, 0.4) is 0 Å². The molecule has 0 aliphatic carbocycles. The molecule has 1 aliphatic rings. The predicted octanol–water partition coefficient (Wildman–Crippen LogP) is 5.10.